The second-order valence-electron chi connectivity index (χ2n) is 4.78. The lowest BCUT2D eigenvalue weighted by atomic mass is 10.2. The van der Waals surface area contributed by atoms with Crippen LogP contribution in [0, 0.1) is 0 Å². The topological polar surface area (TPSA) is 42.7 Å². The van der Waals surface area contributed by atoms with Crippen molar-refractivity contribution in [1.82, 2.24) is 20.1 Å². The van der Waals surface area contributed by atoms with Gasteiger partial charge in [-0.3, -0.25) is 0 Å². The highest BCUT2D eigenvalue weighted by atomic mass is 32.1. The van der Waals surface area contributed by atoms with Gasteiger partial charge >= 0.3 is 0 Å². The number of thiophene rings is 1. The van der Waals surface area contributed by atoms with Gasteiger partial charge in [0.25, 0.3) is 0 Å². The smallest absolute Gasteiger partial charge is 0.141 e. The largest absolute Gasteiger partial charge is 0.307 e. The van der Waals surface area contributed by atoms with E-state index in [0.29, 0.717) is 12.1 Å². The molecule has 4 nitrogen and oxygen atoms in total. The van der Waals surface area contributed by atoms with E-state index < -0.39 is 0 Å². The predicted octanol–water partition coefficient (Wildman–Crippen LogP) is 2.64. The molecule has 0 aromatic carbocycles. The number of hydrogen-bond acceptors (Lipinski definition) is 4. The van der Waals surface area contributed by atoms with Crippen LogP contribution in [0.4, 0.5) is 0 Å². The Kier molecular flexibility index (Phi) is 4.49. The standard InChI is InChI=1S/C13H20N4S/c1-10(2)17-13(15-9-16-17)8-14-11(3)7-12-5-4-6-18-12/h4-6,9-11,14H,7-8H2,1-3H3. The summed E-state index contributed by atoms with van der Waals surface area (Å²) in [6.07, 6.45) is 2.69. The average Bonchev–Trinajstić information content (AvgIpc) is 2.96. The van der Waals surface area contributed by atoms with E-state index in [-0.39, 0.29) is 0 Å². The van der Waals surface area contributed by atoms with E-state index in [2.05, 4.69) is 53.7 Å². The fraction of sp³-hybridized carbons (Fsp3) is 0.538. The minimum absolute atomic E-state index is 0.358. The van der Waals surface area contributed by atoms with Gasteiger partial charge in [0.05, 0.1) is 6.54 Å². The van der Waals surface area contributed by atoms with Crippen molar-refractivity contribution in [3.63, 3.8) is 0 Å². The van der Waals surface area contributed by atoms with Gasteiger partial charge in [0.15, 0.2) is 0 Å². The zero-order valence-corrected chi connectivity index (χ0v) is 11.9. The molecule has 0 amide bonds. The van der Waals surface area contributed by atoms with Crippen molar-refractivity contribution in [2.24, 2.45) is 0 Å². The highest BCUT2D eigenvalue weighted by Gasteiger charge is 2.09. The van der Waals surface area contributed by atoms with E-state index >= 15 is 0 Å². The highest BCUT2D eigenvalue weighted by molar-refractivity contribution is 7.09. The van der Waals surface area contributed by atoms with Crippen molar-refractivity contribution in [3.05, 3.63) is 34.5 Å². The van der Waals surface area contributed by atoms with Crippen molar-refractivity contribution < 1.29 is 0 Å². The summed E-state index contributed by atoms with van der Waals surface area (Å²) in [5.74, 6) is 1.00. The molecule has 0 fully saturated rings. The maximum atomic E-state index is 4.30. The van der Waals surface area contributed by atoms with Crippen LogP contribution in [0.15, 0.2) is 23.8 Å². The number of aromatic nitrogens is 3. The first-order chi connectivity index (χ1) is 8.66. The summed E-state index contributed by atoms with van der Waals surface area (Å²) in [5, 5.41) is 9.86. The van der Waals surface area contributed by atoms with Crippen LogP contribution in [0.2, 0.25) is 0 Å². The predicted molar refractivity (Wildman–Crippen MR) is 74.7 cm³/mol. The average molecular weight is 264 g/mol. The molecule has 1 N–H and O–H groups in total. The van der Waals surface area contributed by atoms with Gasteiger partial charge in [-0.1, -0.05) is 6.07 Å². The summed E-state index contributed by atoms with van der Waals surface area (Å²) in [5.41, 5.74) is 0. The lowest BCUT2D eigenvalue weighted by molar-refractivity contribution is 0.468. The third-order valence-corrected chi connectivity index (χ3v) is 3.73. The Bertz CT molecular complexity index is 461. The van der Waals surface area contributed by atoms with Crippen molar-refractivity contribution in [3.8, 4) is 0 Å². The van der Waals surface area contributed by atoms with Gasteiger partial charge in [-0.25, -0.2) is 9.67 Å². The fourth-order valence-electron chi connectivity index (χ4n) is 1.90. The third kappa shape index (κ3) is 3.40. The number of hydrogen-bond donors (Lipinski definition) is 1. The Morgan fingerprint density at radius 3 is 2.89 bits per heavy atom. The zero-order valence-electron chi connectivity index (χ0n) is 11.1. The van der Waals surface area contributed by atoms with E-state index in [9.17, 15) is 0 Å². The van der Waals surface area contributed by atoms with Crippen molar-refractivity contribution >= 4 is 11.3 Å². The Morgan fingerprint density at radius 2 is 2.22 bits per heavy atom. The van der Waals surface area contributed by atoms with Gasteiger partial charge in [0.2, 0.25) is 0 Å². The Hall–Kier alpha value is -1.20. The normalized spacial score (nSPS) is 13.1. The van der Waals surface area contributed by atoms with Gasteiger partial charge < -0.3 is 5.32 Å². The Morgan fingerprint density at radius 1 is 1.39 bits per heavy atom. The van der Waals surface area contributed by atoms with E-state index in [1.165, 1.54) is 4.88 Å². The summed E-state index contributed by atoms with van der Waals surface area (Å²) in [6, 6.07) is 5.08. The molecular weight excluding hydrogens is 244 g/mol. The van der Waals surface area contributed by atoms with Gasteiger partial charge in [-0.2, -0.15) is 5.10 Å². The first-order valence-electron chi connectivity index (χ1n) is 6.31. The van der Waals surface area contributed by atoms with Crippen LogP contribution in [0.5, 0.6) is 0 Å². The molecule has 1 unspecified atom stereocenters. The second-order valence-corrected chi connectivity index (χ2v) is 5.81. The van der Waals surface area contributed by atoms with E-state index in [0.717, 1.165) is 18.8 Å². The molecule has 0 aliphatic heterocycles. The van der Waals surface area contributed by atoms with Crippen LogP contribution in [-0.2, 0) is 13.0 Å². The SMILES string of the molecule is CC(Cc1cccs1)NCc1ncnn1C(C)C. The molecule has 0 bridgehead atoms. The van der Waals surface area contributed by atoms with Gasteiger partial charge in [-0.05, 0) is 38.6 Å². The highest BCUT2D eigenvalue weighted by Crippen LogP contribution is 2.11. The van der Waals surface area contributed by atoms with Crippen molar-refractivity contribution in [2.45, 2.75) is 45.8 Å². The summed E-state index contributed by atoms with van der Waals surface area (Å²) in [4.78, 5) is 5.72. The summed E-state index contributed by atoms with van der Waals surface area (Å²) in [6.45, 7) is 7.21. The first-order valence-corrected chi connectivity index (χ1v) is 7.19. The fourth-order valence-corrected chi connectivity index (χ4v) is 2.74. The van der Waals surface area contributed by atoms with Crippen molar-refractivity contribution in [2.75, 3.05) is 0 Å². The molecule has 0 saturated carbocycles. The molecule has 0 aliphatic carbocycles. The quantitative estimate of drug-likeness (QED) is 0.872. The molecule has 0 saturated heterocycles. The number of nitrogens with one attached hydrogen (secondary N) is 1. The van der Waals surface area contributed by atoms with Gasteiger partial charge in [0, 0.05) is 17.0 Å². The minimum Gasteiger partial charge on any atom is -0.307 e. The Balaban J connectivity index is 1.85. The molecule has 2 heterocycles. The van der Waals surface area contributed by atoms with E-state index in [4.69, 9.17) is 0 Å². The van der Waals surface area contributed by atoms with E-state index in [1.54, 1.807) is 6.33 Å². The molecule has 1 atom stereocenters. The molecule has 2 rings (SSSR count). The minimum atomic E-state index is 0.358. The van der Waals surface area contributed by atoms with Crippen LogP contribution in [0.3, 0.4) is 0 Å². The molecule has 0 spiro atoms. The molecule has 18 heavy (non-hydrogen) atoms. The lowest BCUT2D eigenvalue weighted by Crippen LogP contribution is -2.29. The summed E-state index contributed by atoms with van der Waals surface area (Å²) < 4.78 is 1.96. The van der Waals surface area contributed by atoms with Crippen LogP contribution in [-0.4, -0.2) is 20.8 Å². The zero-order chi connectivity index (χ0) is 13.0. The molecule has 2 aromatic heterocycles. The summed E-state index contributed by atoms with van der Waals surface area (Å²) >= 11 is 1.81. The van der Waals surface area contributed by atoms with Gasteiger partial charge in [-0.15, -0.1) is 11.3 Å². The molecule has 0 aliphatic rings. The third-order valence-electron chi connectivity index (χ3n) is 2.83. The maximum Gasteiger partial charge on any atom is 0.141 e. The van der Waals surface area contributed by atoms with Crippen LogP contribution < -0.4 is 5.32 Å². The second kappa shape index (κ2) is 6.11. The molecule has 2 aromatic rings. The molecule has 5 heteroatoms. The molecule has 98 valence electrons. The van der Waals surface area contributed by atoms with Crippen LogP contribution in [0.1, 0.15) is 37.5 Å². The maximum absolute atomic E-state index is 4.30. The lowest BCUT2D eigenvalue weighted by Gasteiger charge is -2.14. The first kappa shape index (κ1) is 13.2. The Labute approximate surface area is 112 Å². The van der Waals surface area contributed by atoms with E-state index in [1.807, 2.05) is 16.0 Å². The molecule has 0 radical (unpaired) electrons. The molecular formula is C13H20N4S. The summed E-state index contributed by atoms with van der Waals surface area (Å²) in [7, 11) is 0. The van der Waals surface area contributed by atoms with Crippen LogP contribution >= 0.6 is 11.3 Å². The van der Waals surface area contributed by atoms with Gasteiger partial charge in [0.1, 0.15) is 12.2 Å². The number of nitrogens with zero attached hydrogens (tertiary/aromatic N) is 3. The van der Waals surface area contributed by atoms with Crippen molar-refractivity contribution in [1.29, 1.82) is 0 Å². The van der Waals surface area contributed by atoms with Crippen LogP contribution in [0.25, 0.3) is 0 Å². The number of rotatable bonds is 6. The monoisotopic (exact) mass is 264 g/mol.